The maximum absolute atomic E-state index is 15.1. The first kappa shape index (κ1) is 25.1. The Morgan fingerprint density at radius 3 is 2.45 bits per heavy atom. The molecule has 10 heteroatoms. The van der Waals surface area contributed by atoms with Gasteiger partial charge in [0.25, 0.3) is 0 Å². The first-order valence-corrected chi connectivity index (χ1v) is 12.0. The van der Waals surface area contributed by atoms with Gasteiger partial charge in [0.15, 0.2) is 0 Å². The van der Waals surface area contributed by atoms with E-state index in [1.165, 1.54) is 22.9 Å². The number of benzene rings is 2. The lowest BCUT2D eigenvalue weighted by atomic mass is 9.92. The third-order valence-corrected chi connectivity index (χ3v) is 6.32. The van der Waals surface area contributed by atoms with E-state index in [0.29, 0.717) is 28.3 Å². The minimum Gasteiger partial charge on any atom is -0.305 e. The molecule has 0 aliphatic rings. The lowest BCUT2D eigenvalue weighted by molar-refractivity contribution is 0.262. The number of amides is 2. The lowest BCUT2D eigenvalue weighted by Crippen LogP contribution is -2.22. The number of carbonyl (C=O) groups excluding carboxylic acids is 1. The molecule has 0 atom stereocenters. The summed E-state index contributed by atoms with van der Waals surface area (Å²) in [6.07, 6.45) is 5.06. The van der Waals surface area contributed by atoms with Crippen molar-refractivity contribution < 1.29 is 13.6 Å². The predicted octanol–water partition coefficient (Wildman–Crippen LogP) is 6.35. The maximum atomic E-state index is 15.1. The van der Waals surface area contributed by atoms with E-state index in [9.17, 15) is 9.18 Å². The molecule has 0 saturated heterocycles. The SMILES string of the molecule is Cc1ccc(-n2nc(C(C)(C)C)cc2NC(=O)Nc2ccc(-c3cncc4c3cnn4C)cc2F)cc1F. The molecule has 8 nitrogen and oxygen atoms in total. The van der Waals surface area contributed by atoms with Crippen LogP contribution in [0.2, 0.25) is 0 Å². The molecule has 0 aliphatic heterocycles. The largest absolute Gasteiger partial charge is 0.324 e. The highest BCUT2D eigenvalue weighted by Crippen LogP contribution is 2.30. The third-order valence-electron chi connectivity index (χ3n) is 6.32. The van der Waals surface area contributed by atoms with Crippen molar-refractivity contribution in [3.8, 4) is 16.8 Å². The number of aryl methyl sites for hydroxylation is 2. The molecule has 38 heavy (non-hydrogen) atoms. The van der Waals surface area contributed by atoms with Gasteiger partial charge >= 0.3 is 6.03 Å². The summed E-state index contributed by atoms with van der Waals surface area (Å²) in [4.78, 5) is 17.1. The Balaban J connectivity index is 1.41. The summed E-state index contributed by atoms with van der Waals surface area (Å²) in [5.41, 5.74) is 3.48. The molecule has 0 fully saturated rings. The fraction of sp³-hybridized carbons (Fsp3) is 0.214. The minimum atomic E-state index is -0.665. The molecule has 0 unspecified atom stereocenters. The van der Waals surface area contributed by atoms with Crippen LogP contribution in [0, 0.1) is 18.6 Å². The fourth-order valence-corrected chi connectivity index (χ4v) is 4.09. The fourth-order valence-electron chi connectivity index (χ4n) is 4.09. The average molecular weight is 516 g/mol. The van der Waals surface area contributed by atoms with E-state index in [1.807, 2.05) is 27.8 Å². The number of fused-ring (bicyclic) bond motifs is 1. The molecule has 0 spiro atoms. The second kappa shape index (κ2) is 9.37. The quantitative estimate of drug-likeness (QED) is 0.292. The van der Waals surface area contributed by atoms with Crippen molar-refractivity contribution in [1.82, 2.24) is 24.5 Å². The molecule has 0 radical (unpaired) electrons. The Labute approximate surface area is 218 Å². The van der Waals surface area contributed by atoms with Gasteiger partial charge < -0.3 is 5.32 Å². The number of urea groups is 1. The number of nitrogens with one attached hydrogen (secondary N) is 2. The van der Waals surface area contributed by atoms with E-state index in [4.69, 9.17) is 0 Å². The summed E-state index contributed by atoms with van der Waals surface area (Å²) in [5, 5.41) is 15.0. The number of anilines is 2. The topological polar surface area (TPSA) is 89.7 Å². The van der Waals surface area contributed by atoms with Crippen LogP contribution in [0.5, 0.6) is 0 Å². The molecular weight excluding hydrogens is 488 g/mol. The van der Waals surface area contributed by atoms with Crippen LogP contribution in [0.3, 0.4) is 0 Å². The summed E-state index contributed by atoms with van der Waals surface area (Å²) in [7, 11) is 1.81. The highest BCUT2D eigenvalue weighted by Gasteiger charge is 2.22. The van der Waals surface area contributed by atoms with Crippen molar-refractivity contribution in [1.29, 1.82) is 0 Å². The number of halogens is 2. The van der Waals surface area contributed by atoms with Gasteiger partial charge in [0.2, 0.25) is 0 Å². The maximum Gasteiger partial charge on any atom is 0.324 e. The van der Waals surface area contributed by atoms with E-state index in [0.717, 1.165) is 16.5 Å². The summed E-state index contributed by atoms with van der Waals surface area (Å²) < 4.78 is 32.5. The molecule has 2 amide bonds. The number of hydrogen-bond donors (Lipinski definition) is 2. The molecule has 2 N–H and O–H groups in total. The number of nitrogens with zero attached hydrogens (tertiary/aromatic N) is 5. The molecule has 0 saturated carbocycles. The Bertz CT molecular complexity index is 1680. The van der Waals surface area contributed by atoms with Crippen LogP contribution in [0.25, 0.3) is 27.7 Å². The van der Waals surface area contributed by atoms with Crippen molar-refractivity contribution in [3.05, 3.63) is 83.9 Å². The van der Waals surface area contributed by atoms with Crippen molar-refractivity contribution in [2.75, 3.05) is 10.6 Å². The molecule has 3 heterocycles. The molecule has 0 aliphatic carbocycles. The van der Waals surface area contributed by atoms with Gasteiger partial charge in [-0.05, 0) is 42.3 Å². The summed E-state index contributed by atoms with van der Waals surface area (Å²) in [6.45, 7) is 7.62. The molecule has 194 valence electrons. The van der Waals surface area contributed by atoms with Crippen LogP contribution in [0.4, 0.5) is 25.1 Å². The van der Waals surface area contributed by atoms with Crippen LogP contribution >= 0.6 is 0 Å². The normalized spacial score (nSPS) is 11.7. The highest BCUT2D eigenvalue weighted by atomic mass is 19.1. The van der Waals surface area contributed by atoms with Gasteiger partial charge in [0, 0.05) is 35.7 Å². The van der Waals surface area contributed by atoms with Crippen LogP contribution in [0.1, 0.15) is 32.0 Å². The van der Waals surface area contributed by atoms with Gasteiger partial charge in [0.05, 0.1) is 35.0 Å². The zero-order valence-corrected chi connectivity index (χ0v) is 21.7. The molecule has 5 aromatic rings. The van der Waals surface area contributed by atoms with Crippen LogP contribution in [-0.2, 0) is 12.5 Å². The van der Waals surface area contributed by atoms with E-state index in [1.54, 1.807) is 54.5 Å². The lowest BCUT2D eigenvalue weighted by Gasteiger charge is -2.14. The monoisotopic (exact) mass is 515 g/mol. The third kappa shape index (κ3) is 4.72. The molecule has 2 aromatic carbocycles. The van der Waals surface area contributed by atoms with Crippen molar-refractivity contribution >= 4 is 28.4 Å². The number of rotatable bonds is 4. The summed E-state index contributed by atoms with van der Waals surface area (Å²) in [5.74, 6) is -0.671. The molecule has 3 aromatic heterocycles. The van der Waals surface area contributed by atoms with Gasteiger partial charge in [-0.25, -0.2) is 18.3 Å². The zero-order chi connectivity index (χ0) is 27.2. The minimum absolute atomic E-state index is 0.000983. The molecule has 5 rings (SSSR count). The van der Waals surface area contributed by atoms with E-state index >= 15 is 4.39 Å². The second-order valence-electron chi connectivity index (χ2n) is 10.2. The number of carbonyl (C=O) groups is 1. The van der Waals surface area contributed by atoms with Crippen LogP contribution in [-0.4, -0.2) is 30.6 Å². The Kier molecular flexibility index (Phi) is 6.18. The van der Waals surface area contributed by atoms with E-state index in [2.05, 4.69) is 25.8 Å². The predicted molar refractivity (Wildman–Crippen MR) is 144 cm³/mol. The standard InChI is InChI=1S/C28H27F2N7O/c1-16-6-8-18(11-21(16)29)37-26(12-25(35-37)28(2,3)4)34-27(38)33-23-9-7-17(10-22(23)30)19-13-31-15-24-20(19)14-32-36(24)5/h6-15H,1-5H3,(H2,33,34,38). The van der Waals surface area contributed by atoms with Gasteiger partial charge in [-0.2, -0.15) is 10.2 Å². The van der Waals surface area contributed by atoms with Crippen molar-refractivity contribution in [3.63, 3.8) is 0 Å². The van der Waals surface area contributed by atoms with Crippen molar-refractivity contribution in [2.45, 2.75) is 33.1 Å². The number of aromatic nitrogens is 5. The molecular formula is C28H27F2N7O. The number of hydrogen-bond acceptors (Lipinski definition) is 4. The van der Waals surface area contributed by atoms with E-state index < -0.39 is 11.8 Å². The van der Waals surface area contributed by atoms with E-state index in [-0.39, 0.29) is 16.9 Å². The second-order valence-corrected chi connectivity index (χ2v) is 10.2. The highest BCUT2D eigenvalue weighted by molar-refractivity contribution is 6.00. The zero-order valence-electron chi connectivity index (χ0n) is 21.7. The first-order valence-electron chi connectivity index (χ1n) is 12.0. The Morgan fingerprint density at radius 1 is 0.947 bits per heavy atom. The average Bonchev–Trinajstić information content (AvgIpc) is 3.46. The first-order chi connectivity index (χ1) is 18.0. The van der Waals surface area contributed by atoms with Gasteiger partial charge in [0.1, 0.15) is 17.5 Å². The van der Waals surface area contributed by atoms with Gasteiger partial charge in [-0.3, -0.25) is 15.0 Å². The smallest absolute Gasteiger partial charge is 0.305 e. The Hall–Kier alpha value is -4.60. The van der Waals surface area contributed by atoms with Crippen LogP contribution < -0.4 is 10.6 Å². The number of pyridine rings is 1. The van der Waals surface area contributed by atoms with Gasteiger partial charge in [-0.1, -0.05) is 32.9 Å². The summed E-state index contributed by atoms with van der Waals surface area (Å²) in [6, 6.07) is 10.3. The molecule has 0 bridgehead atoms. The van der Waals surface area contributed by atoms with Crippen LogP contribution in [0.15, 0.2) is 61.1 Å². The summed E-state index contributed by atoms with van der Waals surface area (Å²) >= 11 is 0. The Morgan fingerprint density at radius 2 is 1.74 bits per heavy atom. The van der Waals surface area contributed by atoms with Gasteiger partial charge in [-0.15, -0.1) is 0 Å². The van der Waals surface area contributed by atoms with Crippen molar-refractivity contribution in [2.24, 2.45) is 7.05 Å².